The van der Waals surface area contributed by atoms with E-state index < -0.39 is 6.04 Å². The summed E-state index contributed by atoms with van der Waals surface area (Å²) in [5.41, 5.74) is 1.61. The first kappa shape index (κ1) is 20.3. The smallest absolute Gasteiger partial charge is 0.242 e. The SMILES string of the molecule is CCC(=O)N(Cc1c(Cl)cccc1Cl)[C@@H](Cc1ccccc1)C(=O)NC. The molecular formula is C20H22Cl2N2O2. The molecular weight excluding hydrogens is 371 g/mol. The van der Waals surface area contributed by atoms with E-state index in [1.165, 1.54) is 0 Å². The Labute approximate surface area is 164 Å². The maximum Gasteiger partial charge on any atom is 0.242 e. The summed E-state index contributed by atoms with van der Waals surface area (Å²) in [6, 6.07) is 14.2. The quantitative estimate of drug-likeness (QED) is 0.771. The highest BCUT2D eigenvalue weighted by molar-refractivity contribution is 6.36. The Kier molecular flexibility index (Phi) is 7.49. The predicted molar refractivity (Wildman–Crippen MR) is 105 cm³/mol. The number of hydrogen-bond acceptors (Lipinski definition) is 2. The van der Waals surface area contributed by atoms with Gasteiger partial charge in [0.2, 0.25) is 11.8 Å². The second kappa shape index (κ2) is 9.60. The summed E-state index contributed by atoms with van der Waals surface area (Å²) >= 11 is 12.6. The molecule has 0 radical (unpaired) electrons. The van der Waals surface area contributed by atoms with Crippen LogP contribution in [0.3, 0.4) is 0 Å². The van der Waals surface area contributed by atoms with Gasteiger partial charge in [0.1, 0.15) is 6.04 Å². The number of benzene rings is 2. The number of rotatable bonds is 7. The summed E-state index contributed by atoms with van der Waals surface area (Å²) in [6.07, 6.45) is 0.693. The van der Waals surface area contributed by atoms with Crippen molar-refractivity contribution < 1.29 is 9.59 Å². The van der Waals surface area contributed by atoms with Crippen molar-refractivity contribution >= 4 is 35.0 Å². The maximum absolute atomic E-state index is 12.7. The van der Waals surface area contributed by atoms with Crippen LogP contribution in [-0.2, 0) is 22.6 Å². The highest BCUT2D eigenvalue weighted by Crippen LogP contribution is 2.27. The van der Waals surface area contributed by atoms with E-state index in [1.54, 1.807) is 37.1 Å². The Bertz CT molecular complexity index is 745. The molecule has 2 rings (SSSR count). The molecule has 6 heteroatoms. The highest BCUT2D eigenvalue weighted by Gasteiger charge is 2.29. The highest BCUT2D eigenvalue weighted by atomic mass is 35.5. The normalized spacial score (nSPS) is 11.7. The fraction of sp³-hybridized carbons (Fsp3) is 0.300. The molecule has 0 aliphatic heterocycles. The van der Waals surface area contributed by atoms with Gasteiger partial charge in [0.05, 0.1) is 0 Å². The lowest BCUT2D eigenvalue weighted by Gasteiger charge is -2.31. The van der Waals surface area contributed by atoms with Crippen molar-refractivity contribution in [1.29, 1.82) is 0 Å². The van der Waals surface area contributed by atoms with Crippen LogP contribution >= 0.6 is 23.2 Å². The first-order chi connectivity index (χ1) is 12.5. The van der Waals surface area contributed by atoms with Gasteiger partial charge >= 0.3 is 0 Å². The van der Waals surface area contributed by atoms with E-state index in [4.69, 9.17) is 23.2 Å². The number of nitrogens with zero attached hydrogens (tertiary/aromatic N) is 1. The van der Waals surface area contributed by atoms with Gasteiger partial charge in [-0.05, 0) is 17.7 Å². The van der Waals surface area contributed by atoms with Gasteiger partial charge < -0.3 is 10.2 Å². The van der Waals surface area contributed by atoms with Crippen LogP contribution in [0, 0.1) is 0 Å². The monoisotopic (exact) mass is 392 g/mol. The van der Waals surface area contributed by atoms with E-state index in [0.717, 1.165) is 5.56 Å². The topological polar surface area (TPSA) is 49.4 Å². The average Bonchev–Trinajstić information content (AvgIpc) is 2.66. The number of carbonyl (C=O) groups is 2. The number of carbonyl (C=O) groups excluding carboxylic acids is 2. The van der Waals surface area contributed by atoms with E-state index in [-0.39, 0.29) is 24.8 Å². The molecule has 1 N–H and O–H groups in total. The van der Waals surface area contributed by atoms with Gasteiger partial charge in [-0.3, -0.25) is 9.59 Å². The van der Waals surface area contributed by atoms with Gasteiger partial charge in [0, 0.05) is 42.0 Å². The van der Waals surface area contributed by atoms with Crippen LogP contribution in [0.15, 0.2) is 48.5 Å². The molecule has 0 saturated carbocycles. The van der Waals surface area contributed by atoms with Crippen molar-refractivity contribution in [2.24, 2.45) is 0 Å². The van der Waals surface area contributed by atoms with Gasteiger partial charge in [-0.2, -0.15) is 0 Å². The van der Waals surface area contributed by atoms with Crippen molar-refractivity contribution in [2.45, 2.75) is 32.4 Å². The third-order valence-corrected chi connectivity index (χ3v) is 4.92. The molecule has 0 heterocycles. The first-order valence-electron chi connectivity index (χ1n) is 8.45. The third kappa shape index (κ3) is 4.99. The molecule has 0 fully saturated rings. The van der Waals surface area contributed by atoms with E-state index in [0.29, 0.717) is 22.0 Å². The largest absolute Gasteiger partial charge is 0.357 e. The minimum absolute atomic E-state index is 0.134. The van der Waals surface area contributed by atoms with Gasteiger partial charge in [0.25, 0.3) is 0 Å². The van der Waals surface area contributed by atoms with Crippen LogP contribution in [0.5, 0.6) is 0 Å². The van der Waals surface area contributed by atoms with Crippen LogP contribution in [-0.4, -0.2) is 29.8 Å². The van der Waals surface area contributed by atoms with E-state index >= 15 is 0 Å². The van der Waals surface area contributed by atoms with Crippen molar-refractivity contribution in [3.8, 4) is 0 Å². The second-order valence-corrected chi connectivity index (χ2v) is 6.71. The minimum atomic E-state index is -0.651. The number of likely N-dealkylation sites (N-methyl/N-ethyl adjacent to an activating group) is 1. The molecule has 0 unspecified atom stereocenters. The van der Waals surface area contributed by atoms with Gasteiger partial charge in [-0.15, -0.1) is 0 Å². The summed E-state index contributed by atoms with van der Waals surface area (Å²) in [6.45, 7) is 1.95. The Hall–Kier alpha value is -2.04. The number of amides is 2. The third-order valence-electron chi connectivity index (χ3n) is 4.21. The van der Waals surface area contributed by atoms with Crippen LogP contribution in [0.2, 0.25) is 10.0 Å². The Morgan fingerprint density at radius 3 is 2.19 bits per heavy atom. The molecule has 0 spiro atoms. The Morgan fingerprint density at radius 1 is 1.04 bits per heavy atom. The molecule has 0 saturated heterocycles. The molecule has 0 aliphatic carbocycles. The molecule has 0 bridgehead atoms. The Balaban J connectivity index is 2.39. The van der Waals surface area contributed by atoms with Crippen molar-refractivity contribution in [3.05, 3.63) is 69.7 Å². The summed E-state index contributed by atoms with van der Waals surface area (Å²) in [4.78, 5) is 26.8. The summed E-state index contributed by atoms with van der Waals surface area (Å²) < 4.78 is 0. The van der Waals surface area contributed by atoms with Crippen molar-refractivity contribution in [1.82, 2.24) is 10.2 Å². The predicted octanol–water partition coefficient (Wildman–Crippen LogP) is 4.09. The van der Waals surface area contributed by atoms with Crippen LogP contribution in [0.4, 0.5) is 0 Å². The zero-order valence-corrected chi connectivity index (χ0v) is 16.3. The zero-order chi connectivity index (χ0) is 19.1. The molecule has 2 aromatic rings. The number of hydrogen-bond donors (Lipinski definition) is 1. The second-order valence-electron chi connectivity index (χ2n) is 5.90. The van der Waals surface area contributed by atoms with Gasteiger partial charge in [-0.25, -0.2) is 0 Å². The molecule has 2 aromatic carbocycles. The van der Waals surface area contributed by atoms with Gasteiger partial charge in [0.15, 0.2) is 0 Å². The lowest BCUT2D eigenvalue weighted by Crippen LogP contribution is -2.49. The summed E-state index contributed by atoms with van der Waals surface area (Å²) in [5, 5.41) is 3.61. The number of nitrogens with one attached hydrogen (secondary N) is 1. The first-order valence-corrected chi connectivity index (χ1v) is 9.21. The molecule has 0 aliphatic rings. The molecule has 0 aromatic heterocycles. The molecule has 1 atom stereocenters. The average molecular weight is 393 g/mol. The van der Waals surface area contributed by atoms with Crippen molar-refractivity contribution in [3.63, 3.8) is 0 Å². The minimum Gasteiger partial charge on any atom is -0.357 e. The van der Waals surface area contributed by atoms with Crippen LogP contribution in [0.1, 0.15) is 24.5 Å². The van der Waals surface area contributed by atoms with Crippen LogP contribution < -0.4 is 5.32 Å². The standard InChI is InChI=1S/C20H22Cl2N2O2/c1-3-19(25)24(13-15-16(21)10-7-11-17(15)22)18(20(26)23-2)12-14-8-5-4-6-9-14/h4-11,18H,3,12-13H2,1-2H3,(H,23,26)/t18-/m0/s1. The zero-order valence-electron chi connectivity index (χ0n) is 14.8. The molecule has 138 valence electrons. The maximum atomic E-state index is 12.7. The molecule has 4 nitrogen and oxygen atoms in total. The fourth-order valence-corrected chi connectivity index (χ4v) is 3.29. The van der Waals surface area contributed by atoms with Gasteiger partial charge in [-0.1, -0.05) is 66.5 Å². The Morgan fingerprint density at radius 2 is 1.65 bits per heavy atom. The lowest BCUT2D eigenvalue weighted by molar-refractivity contribution is -0.140. The fourth-order valence-electron chi connectivity index (χ4n) is 2.78. The molecule has 2 amide bonds. The van der Waals surface area contributed by atoms with Crippen LogP contribution in [0.25, 0.3) is 0 Å². The number of halogens is 2. The lowest BCUT2D eigenvalue weighted by atomic mass is 10.0. The van der Waals surface area contributed by atoms with Crippen molar-refractivity contribution in [2.75, 3.05) is 7.05 Å². The van der Waals surface area contributed by atoms with E-state index in [9.17, 15) is 9.59 Å². The van der Waals surface area contributed by atoms with E-state index in [2.05, 4.69) is 5.32 Å². The summed E-state index contributed by atoms with van der Waals surface area (Å²) in [7, 11) is 1.57. The summed E-state index contributed by atoms with van der Waals surface area (Å²) in [5.74, 6) is -0.357. The molecule has 26 heavy (non-hydrogen) atoms. The van der Waals surface area contributed by atoms with E-state index in [1.807, 2.05) is 30.3 Å².